The number of nitrogens with zero attached hydrogens (tertiary/aromatic N) is 2. The van der Waals surface area contributed by atoms with Crippen molar-refractivity contribution in [2.24, 2.45) is 5.73 Å². The second kappa shape index (κ2) is 10.9. The summed E-state index contributed by atoms with van der Waals surface area (Å²) in [5, 5.41) is 25.3. The van der Waals surface area contributed by atoms with Crippen molar-refractivity contribution in [1.82, 2.24) is 20.4 Å². The van der Waals surface area contributed by atoms with E-state index in [4.69, 9.17) is 10.8 Å². The maximum absolute atomic E-state index is 10.9. The van der Waals surface area contributed by atoms with Crippen molar-refractivity contribution in [3.8, 4) is 0 Å². The molecule has 21 heavy (non-hydrogen) atoms. The first-order valence-electron chi connectivity index (χ1n) is 7.58. The van der Waals surface area contributed by atoms with E-state index in [0.29, 0.717) is 19.6 Å². The summed E-state index contributed by atoms with van der Waals surface area (Å²) in [5.74, 6) is -0.808. The van der Waals surface area contributed by atoms with Crippen LogP contribution in [0.2, 0.25) is 0 Å². The van der Waals surface area contributed by atoms with Crippen LogP contribution < -0.4 is 16.4 Å². The predicted octanol–water partition coefficient (Wildman–Crippen LogP) is -2.81. The molecule has 0 aliphatic carbocycles. The Morgan fingerprint density at radius 3 is 2.19 bits per heavy atom. The number of β-amino-alcohol motifs (C(OH)–C–C–N with tert-alkyl or cyclic N) is 1. The van der Waals surface area contributed by atoms with Crippen LogP contribution in [-0.2, 0) is 4.79 Å². The van der Waals surface area contributed by atoms with E-state index in [0.717, 1.165) is 39.3 Å². The zero-order valence-electron chi connectivity index (χ0n) is 12.6. The van der Waals surface area contributed by atoms with E-state index in [1.165, 1.54) is 0 Å². The van der Waals surface area contributed by atoms with E-state index in [2.05, 4.69) is 15.5 Å². The number of carbonyl (C=O) groups is 1. The molecule has 6 N–H and O–H groups in total. The molecule has 1 atom stereocenters. The third-order valence-electron chi connectivity index (χ3n) is 3.52. The molecule has 0 spiro atoms. The van der Waals surface area contributed by atoms with Gasteiger partial charge in [0, 0.05) is 65.4 Å². The molecule has 0 aromatic carbocycles. The van der Waals surface area contributed by atoms with Gasteiger partial charge in [-0.1, -0.05) is 0 Å². The number of carboxylic acid groups (broad SMARTS) is 1. The third-order valence-corrected chi connectivity index (χ3v) is 3.52. The van der Waals surface area contributed by atoms with Gasteiger partial charge in [-0.05, 0) is 0 Å². The van der Waals surface area contributed by atoms with Gasteiger partial charge in [-0.15, -0.1) is 0 Å². The lowest BCUT2D eigenvalue weighted by molar-refractivity contribution is -0.138. The van der Waals surface area contributed by atoms with Gasteiger partial charge in [0.2, 0.25) is 0 Å². The lowest BCUT2D eigenvalue weighted by Gasteiger charge is -2.29. The predicted molar refractivity (Wildman–Crippen MR) is 81.3 cm³/mol. The summed E-state index contributed by atoms with van der Waals surface area (Å²) in [4.78, 5) is 15.0. The molecule has 1 saturated heterocycles. The Kier molecular flexibility index (Phi) is 9.48. The average Bonchev–Trinajstić information content (AvgIpc) is 2.43. The minimum absolute atomic E-state index is 0.0488. The van der Waals surface area contributed by atoms with E-state index in [9.17, 15) is 9.90 Å². The highest BCUT2D eigenvalue weighted by atomic mass is 16.4. The Morgan fingerprint density at radius 2 is 1.62 bits per heavy atom. The van der Waals surface area contributed by atoms with Gasteiger partial charge >= 0.3 is 5.97 Å². The largest absolute Gasteiger partial charge is 0.480 e. The third kappa shape index (κ3) is 8.97. The van der Waals surface area contributed by atoms with E-state index in [1.54, 1.807) is 0 Å². The van der Waals surface area contributed by atoms with Gasteiger partial charge in [0.05, 0.1) is 12.6 Å². The minimum Gasteiger partial charge on any atom is -0.480 e. The van der Waals surface area contributed by atoms with Crippen LogP contribution in [0.3, 0.4) is 0 Å². The van der Waals surface area contributed by atoms with E-state index >= 15 is 0 Å². The summed E-state index contributed by atoms with van der Waals surface area (Å²) in [6, 6.07) is 0. The molecule has 0 aromatic heterocycles. The number of rotatable bonds is 5. The van der Waals surface area contributed by atoms with Gasteiger partial charge in [-0.25, -0.2) is 0 Å². The van der Waals surface area contributed by atoms with Crippen LogP contribution in [0.4, 0.5) is 0 Å². The fourth-order valence-electron chi connectivity index (χ4n) is 2.31. The van der Waals surface area contributed by atoms with Gasteiger partial charge in [-0.3, -0.25) is 14.6 Å². The van der Waals surface area contributed by atoms with Gasteiger partial charge in [0.15, 0.2) is 0 Å². The van der Waals surface area contributed by atoms with Crippen LogP contribution in [0.15, 0.2) is 0 Å². The Bertz CT molecular complexity index is 293. The SMILES string of the molecule is NCC(O)CN1CCNCCNCCN(CC(=O)O)CC1. The molecule has 8 heteroatoms. The quantitative estimate of drug-likeness (QED) is 0.370. The standard InChI is InChI=1S/C13H29N5O3/c14-9-12(19)10-17-5-3-15-1-2-16-4-6-18(8-7-17)11-13(20)21/h12,15-16,19H,1-11,14H2,(H,20,21). The molecule has 0 saturated carbocycles. The topological polar surface area (TPSA) is 114 Å². The second-order valence-electron chi connectivity index (χ2n) is 5.36. The average molecular weight is 303 g/mol. The lowest BCUT2D eigenvalue weighted by atomic mass is 10.3. The number of hydrogen-bond acceptors (Lipinski definition) is 7. The van der Waals surface area contributed by atoms with E-state index in [-0.39, 0.29) is 13.1 Å². The highest BCUT2D eigenvalue weighted by Crippen LogP contribution is 1.96. The van der Waals surface area contributed by atoms with Crippen molar-refractivity contribution in [1.29, 1.82) is 0 Å². The zero-order chi connectivity index (χ0) is 15.5. The Labute approximate surface area is 126 Å². The van der Waals surface area contributed by atoms with Crippen LogP contribution in [-0.4, -0.2) is 104 Å². The second-order valence-corrected chi connectivity index (χ2v) is 5.36. The van der Waals surface area contributed by atoms with Crippen molar-refractivity contribution in [2.75, 3.05) is 72.0 Å². The highest BCUT2D eigenvalue weighted by Gasteiger charge is 2.14. The lowest BCUT2D eigenvalue weighted by Crippen LogP contribution is -2.47. The Hall–Kier alpha value is -0.770. The fourth-order valence-corrected chi connectivity index (χ4v) is 2.31. The number of hydrogen-bond donors (Lipinski definition) is 5. The maximum Gasteiger partial charge on any atom is 0.317 e. The number of aliphatic hydroxyl groups excluding tert-OH is 1. The smallest absolute Gasteiger partial charge is 0.317 e. The van der Waals surface area contributed by atoms with Crippen LogP contribution in [0.5, 0.6) is 0 Å². The first-order valence-corrected chi connectivity index (χ1v) is 7.58. The Balaban J connectivity index is 2.51. The number of nitrogens with two attached hydrogens (primary N) is 1. The molecule has 0 bridgehead atoms. The van der Waals surface area contributed by atoms with E-state index < -0.39 is 12.1 Å². The van der Waals surface area contributed by atoms with Crippen LogP contribution in [0, 0.1) is 0 Å². The van der Waals surface area contributed by atoms with Crippen LogP contribution in [0.25, 0.3) is 0 Å². The summed E-state index contributed by atoms with van der Waals surface area (Å²) in [5.41, 5.74) is 5.47. The number of aliphatic hydroxyl groups is 1. The number of aliphatic carboxylic acids is 1. The van der Waals surface area contributed by atoms with Crippen molar-refractivity contribution < 1.29 is 15.0 Å². The summed E-state index contributed by atoms with van der Waals surface area (Å²) in [6.07, 6.45) is -0.535. The minimum atomic E-state index is -0.808. The summed E-state index contributed by atoms with van der Waals surface area (Å²) >= 11 is 0. The maximum atomic E-state index is 10.9. The Morgan fingerprint density at radius 1 is 1.05 bits per heavy atom. The molecule has 1 aliphatic rings. The van der Waals surface area contributed by atoms with Crippen molar-refractivity contribution in [2.45, 2.75) is 6.10 Å². The first kappa shape index (κ1) is 18.3. The molecule has 1 aliphatic heterocycles. The fraction of sp³-hybridized carbons (Fsp3) is 0.923. The molecular formula is C13H29N5O3. The van der Waals surface area contributed by atoms with Crippen molar-refractivity contribution in [3.63, 3.8) is 0 Å². The summed E-state index contributed by atoms with van der Waals surface area (Å²) in [7, 11) is 0. The van der Waals surface area contributed by atoms with Crippen molar-refractivity contribution in [3.05, 3.63) is 0 Å². The van der Waals surface area contributed by atoms with Gasteiger partial charge in [0.1, 0.15) is 0 Å². The normalized spacial score (nSPS) is 22.2. The summed E-state index contributed by atoms with van der Waals surface area (Å²) in [6.45, 7) is 7.11. The molecule has 1 unspecified atom stereocenters. The molecule has 1 fully saturated rings. The zero-order valence-corrected chi connectivity index (χ0v) is 12.6. The molecule has 1 rings (SSSR count). The monoisotopic (exact) mass is 303 g/mol. The molecule has 0 aromatic rings. The van der Waals surface area contributed by atoms with Gasteiger partial charge < -0.3 is 26.6 Å². The van der Waals surface area contributed by atoms with E-state index in [1.807, 2.05) is 4.90 Å². The molecule has 0 amide bonds. The van der Waals surface area contributed by atoms with Gasteiger partial charge in [0.25, 0.3) is 0 Å². The number of carboxylic acids is 1. The molecule has 8 nitrogen and oxygen atoms in total. The molecule has 0 radical (unpaired) electrons. The first-order chi connectivity index (χ1) is 10.1. The molecule has 124 valence electrons. The molecular weight excluding hydrogens is 274 g/mol. The van der Waals surface area contributed by atoms with Crippen molar-refractivity contribution >= 4 is 5.97 Å². The van der Waals surface area contributed by atoms with Crippen LogP contribution >= 0.6 is 0 Å². The highest BCUT2D eigenvalue weighted by molar-refractivity contribution is 5.69. The summed E-state index contributed by atoms with van der Waals surface area (Å²) < 4.78 is 0. The molecule has 1 heterocycles. The van der Waals surface area contributed by atoms with Gasteiger partial charge in [-0.2, -0.15) is 0 Å². The van der Waals surface area contributed by atoms with Crippen LogP contribution in [0.1, 0.15) is 0 Å². The number of nitrogens with one attached hydrogen (secondary N) is 2.